The van der Waals surface area contributed by atoms with Crippen LogP contribution in [0.25, 0.3) is 0 Å². The molecule has 0 aliphatic heterocycles. The van der Waals surface area contributed by atoms with Gasteiger partial charge in [0.05, 0.1) is 6.54 Å². The van der Waals surface area contributed by atoms with Crippen molar-refractivity contribution in [3.05, 3.63) is 65.2 Å². The average molecular weight is 382 g/mol. The molecule has 0 radical (unpaired) electrons. The first-order valence-corrected chi connectivity index (χ1v) is 9.97. The summed E-state index contributed by atoms with van der Waals surface area (Å²) in [5, 5.41) is 8.84. The molecule has 5 heteroatoms. The third-order valence-corrected chi connectivity index (χ3v) is 4.50. The smallest absolute Gasteiger partial charge is 0.251 e. The predicted octanol–water partition coefficient (Wildman–Crippen LogP) is 3.72. The highest BCUT2D eigenvalue weighted by atomic mass is 16.2. The van der Waals surface area contributed by atoms with Gasteiger partial charge in [0, 0.05) is 24.3 Å². The minimum absolute atomic E-state index is 0.0698. The molecular formula is C23H31N3O2. The van der Waals surface area contributed by atoms with E-state index < -0.39 is 0 Å². The van der Waals surface area contributed by atoms with Crippen LogP contribution in [0.5, 0.6) is 0 Å². The minimum Gasteiger partial charge on any atom is -0.376 e. The van der Waals surface area contributed by atoms with Crippen molar-refractivity contribution in [2.75, 3.05) is 25.0 Å². The van der Waals surface area contributed by atoms with E-state index in [-0.39, 0.29) is 18.4 Å². The molecule has 2 aromatic carbocycles. The van der Waals surface area contributed by atoms with Crippen LogP contribution in [0.4, 0.5) is 5.69 Å². The third kappa shape index (κ3) is 7.06. The molecule has 3 N–H and O–H groups in total. The maximum Gasteiger partial charge on any atom is 0.251 e. The number of hydrogen-bond acceptors (Lipinski definition) is 3. The first-order valence-electron chi connectivity index (χ1n) is 9.97. The van der Waals surface area contributed by atoms with E-state index in [1.165, 1.54) is 11.1 Å². The molecule has 0 bridgehead atoms. The zero-order valence-corrected chi connectivity index (χ0v) is 17.0. The van der Waals surface area contributed by atoms with Crippen molar-refractivity contribution in [2.45, 2.75) is 39.5 Å². The van der Waals surface area contributed by atoms with Gasteiger partial charge in [-0.25, -0.2) is 0 Å². The first kappa shape index (κ1) is 21.5. The second kappa shape index (κ2) is 11.1. The van der Waals surface area contributed by atoms with Gasteiger partial charge in [0.2, 0.25) is 5.91 Å². The topological polar surface area (TPSA) is 70.2 Å². The fourth-order valence-electron chi connectivity index (χ4n) is 2.77. The molecular weight excluding hydrogens is 350 g/mol. The highest BCUT2D eigenvalue weighted by Crippen LogP contribution is 2.14. The van der Waals surface area contributed by atoms with Crippen molar-refractivity contribution in [2.24, 2.45) is 0 Å². The Kier molecular flexibility index (Phi) is 8.53. The SMILES string of the molecule is CCCNC(=O)c1cccc(NCC(=O)NCCc2ccc(C(C)C)cc2)c1. The number of anilines is 1. The Labute approximate surface area is 167 Å². The monoisotopic (exact) mass is 381 g/mol. The van der Waals surface area contributed by atoms with Gasteiger partial charge in [-0.3, -0.25) is 9.59 Å². The van der Waals surface area contributed by atoms with Crippen molar-refractivity contribution >= 4 is 17.5 Å². The van der Waals surface area contributed by atoms with Gasteiger partial charge >= 0.3 is 0 Å². The van der Waals surface area contributed by atoms with E-state index in [1.54, 1.807) is 12.1 Å². The van der Waals surface area contributed by atoms with Gasteiger partial charge in [-0.2, -0.15) is 0 Å². The molecule has 0 spiro atoms. The van der Waals surface area contributed by atoms with E-state index in [4.69, 9.17) is 0 Å². The summed E-state index contributed by atoms with van der Waals surface area (Å²) in [4.78, 5) is 24.1. The quantitative estimate of drug-likeness (QED) is 0.587. The van der Waals surface area contributed by atoms with Gasteiger partial charge in [0.25, 0.3) is 5.91 Å². The largest absolute Gasteiger partial charge is 0.376 e. The summed E-state index contributed by atoms with van der Waals surface area (Å²) in [7, 11) is 0. The molecule has 2 aromatic rings. The molecule has 28 heavy (non-hydrogen) atoms. The Hall–Kier alpha value is -2.82. The van der Waals surface area contributed by atoms with Crippen molar-refractivity contribution in [1.82, 2.24) is 10.6 Å². The van der Waals surface area contributed by atoms with Crippen LogP contribution >= 0.6 is 0 Å². The van der Waals surface area contributed by atoms with E-state index in [0.717, 1.165) is 18.5 Å². The lowest BCUT2D eigenvalue weighted by Gasteiger charge is -2.10. The van der Waals surface area contributed by atoms with Crippen LogP contribution in [-0.2, 0) is 11.2 Å². The highest BCUT2D eigenvalue weighted by molar-refractivity contribution is 5.95. The molecule has 0 fully saturated rings. The summed E-state index contributed by atoms with van der Waals surface area (Å²) in [6.07, 6.45) is 1.70. The lowest BCUT2D eigenvalue weighted by molar-refractivity contribution is -0.119. The zero-order chi connectivity index (χ0) is 20.4. The fraction of sp³-hybridized carbons (Fsp3) is 0.391. The molecule has 0 heterocycles. The molecule has 2 rings (SSSR count). The number of nitrogens with one attached hydrogen (secondary N) is 3. The molecule has 0 atom stereocenters. The summed E-state index contributed by atoms with van der Waals surface area (Å²) < 4.78 is 0. The summed E-state index contributed by atoms with van der Waals surface area (Å²) in [6, 6.07) is 15.7. The van der Waals surface area contributed by atoms with E-state index in [9.17, 15) is 9.59 Å². The Morgan fingerprint density at radius 1 is 0.964 bits per heavy atom. The lowest BCUT2D eigenvalue weighted by atomic mass is 10.0. The van der Waals surface area contributed by atoms with Gasteiger partial charge < -0.3 is 16.0 Å². The molecule has 0 unspecified atom stereocenters. The van der Waals surface area contributed by atoms with Gasteiger partial charge in [0.1, 0.15) is 0 Å². The van der Waals surface area contributed by atoms with Gasteiger partial charge in [0.15, 0.2) is 0 Å². The van der Waals surface area contributed by atoms with Crippen LogP contribution in [0.1, 0.15) is 54.6 Å². The molecule has 2 amide bonds. The van der Waals surface area contributed by atoms with Crippen LogP contribution in [0.15, 0.2) is 48.5 Å². The number of hydrogen-bond donors (Lipinski definition) is 3. The molecule has 0 saturated heterocycles. The molecule has 0 aliphatic carbocycles. The lowest BCUT2D eigenvalue weighted by Crippen LogP contribution is -2.31. The van der Waals surface area contributed by atoms with E-state index in [2.05, 4.69) is 54.1 Å². The second-order valence-electron chi connectivity index (χ2n) is 7.19. The highest BCUT2D eigenvalue weighted by Gasteiger charge is 2.06. The van der Waals surface area contributed by atoms with Crippen molar-refractivity contribution in [1.29, 1.82) is 0 Å². The van der Waals surface area contributed by atoms with Gasteiger partial charge in [-0.15, -0.1) is 0 Å². The number of rotatable bonds is 10. The summed E-state index contributed by atoms with van der Waals surface area (Å²) in [5.41, 5.74) is 3.87. The zero-order valence-electron chi connectivity index (χ0n) is 17.0. The molecule has 0 aromatic heterocycles. The number of carbonyl (C=O) groups excluding carboxylic acids is 2. The van der Waals surface area contributed by atoms with Crippen LogP contribution in [0, 0.1) is 0 Å². The number of carbonyl (C=O) groups is 2. The van der Waals surface area contributed by atoms with Crippen molar-refractivity contribution in [3.63, 3.8) is 0 Å². The molecule has 0 saturated carbocycles. The van der Waals surface area contributed by atoms with E-state index in [1.807, 2.05) is 19.1 Å². The minimum atomic E-state index is -0.0987. The maximum atomic E-state index is 12.1. The predicted molar refractivity (Wildman–Crippen MR) is 115 cm³/mol. The normalized spacial score (nSPS) is 10.6. The number of benzene rings is 2. The van der Waals surface area contributed by atoms with Crippen molar-refractivity contribution < 1.29 is 9.59 Å². The van der Waals surface area contributed by atoms with Crippen LogP contribution in [0.3, 0.4) is 0 Å². The first-order chi connectivity index (χ1) is 13.5. The fourth-order valence-corrected chi connectivity index (χ4v) is 2.77. The summed E-state index contributed by atoms with van der Waals surface area (Å²) >= 11 is 0. The second-order valence-corrected chi connectivity index (χ2v) is 7.19. The van der Waals surface area contributed by atoms with Crippen molar-refractivity contribution in [3.8, 4) is 0 Å². The van der Waals surface area contributed by atoms with E-state index >= 15 is 0 Å². The van der Waals surface area contributed by atoms with Crippen LogP contribution in [0.2, 0.25) is 0 Å². The molecule has 5 nitrogen and oxygen atoms in total. The Morgan fingerprint density at radius 3 is 2.39 bits per heavy atom. The van der Waals surface area contributed by atoms with Crippen LogP contribution in [-0.4, -0.2) is 31.4 Å². The van der Waals surface area contributed by atoms with Gasteiger partial charge in [-0.05, 0) is 48.1 Å². The van der Waals surface area contributed by atoms with Gasteiger partial charge in [-0.1, -0.05) is 51.1 Å². The average Bonchev–Trinajstić information content (AvgIpc) is 2.71. The number of amides is 2. The third-order valence-electron chi connectivity index (χ3n) is 4.50. The van der Waals surface area contributed by atoms with Crippen LogP contribution < -0.4 is 16.0 Å². The molecule has 150 valence electrons. The maximum absolute atomic E-state index is 12.1. The molecule has 0 aliphatic rings. The Bertz CT molecular complexity index is 770. The Balaban J connectivity index is 1.74. The summed E-state index contributed by atoms with van der Waals surface area (Å²) in [5.74, 6) is 0.356. The summed E-state index contributed by atoms with van der Waals surface area (Å²) in [6.45, 7) is 7.79. The van der Waals surface area contributed by atoms with E-state index in [0.29, 0.717) is 24.6 Å². The standard InChI is InChI=1S/C23H31N3O2/c1-4-13-25-23(28)20-6-5-7-21(15-20)26-16-22(27)24-14-12-18-8-10-19(11-9-18)17(2)3/h5-11,15,17,26H,4,12-14,16H2,1-3H3,(H,24,27)(H,25,28). The Morgan fingerprint density at radius 2 is 1.71 bits per heavy atom.